The molecule has 7 heteroatoms. The van der Waals surface area contributed by atoms with Gasteiger partial charge in [-0.15, -0.1) is 0 Å². The molecule has 0 radical (unpaired) electrons. The van der Waals surface area contributed by atoms with Crippen molar-refractivity contribution in [3.8, 4) is 0 Å². The highest BCUT2D eigenvalue weighted by atomic mass is 19.1. The van der Waals surface area contributed by atoms with E-state index in [0.717, 1.165) is 11.1 Å². The Balaban J connectivity index is 1.68. The summed E-state index contributed by atoms with van der Waals surface area (Å²) in [6, 6.07) is 9.35. The van der Waals surface area contributed by atoms with Crippen LogP contribution in [0.4, 0.5) is 4.39 Å². The molecular weight excluding hydrogens is 345 g/mol. The summed E-state index contributed by atoms with van der Waals surface area (Å²) in [7, 11) is 1.85. The number of fused-ring (bicyclic) bond motifs is 1. The second kappa shape index (κ2) is 6.68. The van der Waals surface area contributed by atoms with Gasteiger partial charge in [-0.25, -0.2) is 14.4 Å². The summed E-state index contributed by atoms with van der Waals surface area (Å²) in [5, 5.41) is 2.97. The first-order valence-electron chi connectivity index (χ1n) is 8.50. The van der Waals surface area contributed by atoms with Crippen molar-refractivity contribution in [1.29, 1.82) is 0 Å². The maximum atomic E-state index is 13.3. The van der Waals surface area contributed by atoms with Crippen LogP contribution in [0.25, 0.3) is 5.65 Å². The highest BCUT2D eigenvalue weighted by Gasteiger charge is 2.22. The summed E-state index contributed by atoms with van der Waals surface area (Å²) < 4.78 is 17.0. The molecule has 0 bridgehead atoms. The Kier molecular flexibility index (Phi) is 4.19. The number of halogens is 1. The van der Waals surface area contributed by atoms with Crippen LogP contribution in [0.5, 0.6) is 0 Å². The lowest BCUT2D eigenvalue weighted by Gasteiger charge is -2.18. The summed E-state index contributed by atoms with van der Waals surface area (Å²) in [4.78, 5) is 21.6. The van der Waals surface area contributed by atoms with Crippen LogP contribution in [-0.4, -0.2) is 24.8 Å². The van der Waals surface area contributed by atoms with Crippen molar-refractivity contribution < 1.29 is 9.18 Å². The molecule has 27 heavy (non-hydrogen) atoms. The molecule has 0 aliphatic rings. The van der Waals surface area contributed by atoms with Crippen LogP contribution in [0.1, 0.15) is 33.5 Å². The molecule has 4 aromatic rings. The fraction of sp³-hybridized carbons (Fsp3) is 0.150. The number of aromatic nitrogens is 4. The molecular formula is C20H18FN5O. The highest BCUT2D eigenvalue weighted by Crippen LogP contribution is 2.21. The van der Waals surface area contributed by atoms with Gasteiger partial charge >= 0.3 is 0 Å². The van der Waals surface area contributed by atoms with Crippen LogP contribution < -0.4 is 5.32 Å². The molecule has 6 nitrogen and oxygen atoms in total. The summed E-state index contributed by atoms with van der Waals surface area (Å²) >= 11 is 0. The molecule has 136 valence electrons. The predicted octanol–water partition coefficient (Wildman–Crippen LogP) is 3.03. The van der Waals surface area contributed by atoms with Gasteiger partial charge in [-0.05, 0) is 42.3 Å². The van der Waals surface area contributed by atoms with Crippen LogP contribution in [-0.2, 0) is 7.05 Å². The van der Waals surface area contributed by atoms with Crippen molar-refractivity contribution in [2.45, 2.75) is 13.0 Å². The van der Waals surface area contributed by atoms with Gasteiger partial charge in [0, 0.05) is 31.8 Å². The molecule has 0 aliphatic carbocycles. The fourth-order valence-corrected chi connectivity index (χ4v) is 3.01. The van der Waals surface area contributed by atoms with Gasteiger partial charge in [0.05, 0.1) is 0 Å². The molecule has 0 fully saturated rings. The van der Waals surface area contributed by atoms with E-state index in [2.05, 4.69) is 15.3 Å². The van der Waals surface area contributed by atoms with Crippen LogP contribution >= 0.6 is 0 Å². The van der Waals surface area contributed by atoms with Crippen molar-refractivity contribution in [1.82, 2.24) is 24.3 Å². The van der Waals surface area contributed by atoms with Crippen molar-refractivity contribution in [2.24, 2.45) is 7.05 Å². The Hall–Kier alpha value is -3.48. The van der Waals surface area contributed by atoms with Gasteiger partial charge in [-0.2, -0.15) is 0 Å². The highest BCUT2D eigenvalue weighted by molar-refractivity contribution is 5.93. The molecule has 1 unspecified atom stereocenters. The van der Waals surface area contributed by atoms with Gasteiger partial charge in [0.2, 0.25) is 0 Å². The van der Waals surface area contributed by atoms with E-state index in [1.54, 1.807) is 35.1 Å². The van der Waals surface area contributed by atoms with Gasteiger partial charge in [-0.3, -0.25) is 4.79 Å². The van der Waals surface area contributed by atoms with Crippen LogP contribution in [0.15, 0.2) is 61.2 Å². The van der Waals surface area contributed by atoms with Gasteiger partial charge in [0.25, 0.3) is 5.91 Å². The Morgan fingerprint density at radius 1 is 1.19 bits per heavy atom. The predicted molar refractivity (Wildman–Crippen MR) is 98.8 cm³/mol. The maximum Gasteiger partial charge on any atom is 0.272 e. The molecule has 0 spiro atoms. The normalized spacial score (nSPS) is 12.3. The molecule has 0 aliphatic heterocycles. The number of nitrogens with zero attached hydrogens (tertiary/aromatic N) is 4. The smallest absolute Gasteiger partial charge is 0.272 e. The molecule has 1 amide bonds. The first-order valence-corrected chi connectivity index (χ1v) is 8.50. The minimum absolute atomic E-state index is 0.307. The van der Waals surface area contributed by atoms with Gasteiger partial charge < -0.3 is 14.3 Å². The number of hydrogen-bond donors (Lipinski definition) is 1. The van der Waals surface area contributed by atoms with E-state index in [9.17, 15) is 9.18 Å². The number of amides is 1. The van der Waals surface area contributed by atoms with Crippen molar-refractivity contribution in [3.63, 3.8) is 0 Å². The SMILES string of the molecule is Cc1ccn2cc(C(=O)NC(c3ccc(F)cc3)c3nccn3C)nc2c1. The minimum Gasteiger partial charge on any atom is -0.337 e. The lowest BCUT2D eigenvalue weighted by atomic mass is 10.1. The first kappa shape index (κ1) is 17.0. The van der Waals surface area contributed by atoms with E-state index in [0.29, 0.717) is 17.2 Å². The third-order valence-electron chi connectivity index (χ3n) is 4.44. The third-order valence-corrected chi connectivity index (χ3v) is 4.44. The zero-order valence-electron chi connectivity index (χ0n) is 14.9. The van der Waals surface area contributed by atoms with E-state index >= 15 is 0 Å². The largest absolute Gasteiger partial charge is 0.337 e. The number of rotatable bonds is 4. The number of nitrogens with one attached hydrogen (secondary N) is 1. The van der Waals surface area contributed by atoms with E-state index in [1.165, 1.54) is 12.1 Å². The average molecular weight is 363 g/mol. The monoisotopic (exact) mass is 363 g/mol. The Labute approximate surface area is 155 Å². The molecule has 3 heterocycles. The van der Waals surface area contributed by atoms with Crippen molar-refractivity contribution in [2.75, 3.05) is 0 Å². The fourth-order valence-electron chi connectivity index (χ4n) is 3.01. The number of hydrogen-bond acceptors (Lipinski definition) is 3. The van der Waals surface area contributed by atoms with Crippen LogP contribution in [0.2, 0.25) is 0 Å². The Bertz CT molecular complexity index is 1110. The molecule has 4 rings (SSSR count). The number of aryl methyl sites for hydroxylation is 2. The van der Waals surface area contributed by atoms with Gasteiger partial charge in [-0.1, -0.05) is 12.1 Å². The molecule has 0 saturated carbocycles. The van der Waals surface area contributed by atoms with E-state index < -0.39 is 6.04 Å². The van der Waals surface area contributed by atoms with E-state index in [-0.39, 0.29) is 11.7 Å². The first-order chi connectivity index (χ1) is 13.0. The van der Waals surface area contributed by atoms with Gasteiger partial charge in [0.15, 0.2) is 0 Å². The number of pyridine rings is 1. The maximum absolute atomic E-state index is 13.3. The average Bonchev–Trinajstić information content (AvgIpc) is 3.26. The number of benzene rings is 1. The zero-order valence-corrected chi connectivity index (χ0v) is 14.9. The molecule has 1 N–H and O–H groups in total. The lowest BCUT2D eigenvalue weighted by Crippen LogP contribution is -2.31. The Morgan fingerprint density at radius 3 is 2.67 bits per heavy atom. The molecule has 3 aromatic heterocycles. The molecule has 0 saturated heterocycles. The number of carbonyl (C=O) groups excluding carboxylic acids is 1. The quantitative estimate of drug-likeness (QED) is 0.606. The van der Waals surface area contributed by atoms with E-state index in [4.69, 9.17) is 0 Å². The minimum atomic E-state index is -0.523. The summed E-state index contributed by atoms with van der Waals surface area (Å²) in [6.45, 7) is 1.97. The summed E-state index contributed by atoms with van der Waals surface area (Å²) in [5.74, 6) is -0.0115. The van der Waals surface area contributed by atoms with Crippen LogP contribution in [0, 0.1) is 12.7 Å². The Morgan fingerprint density at radius 2 is 1.96 bits per heavy atom. The van der Waals surface area contributed by atoms with Crippen molar-refractivity contribution >= 4 is 11.6 Å². The summed E-state index contributed by atoms with van der Waals surface area (Å²) in [6.07, 6.45) is 7.01. The second-order valence-corrected chi connectivity index (χ2v) is 6.45. The third kappa shape index (κ3) is 3.31. The second-order valence-electron chi connectivity index (χ2n) is 6.45. The molecule has 1 aromatic carbocycles. The number of carbonyl (C=O) groups is 1. The van der Waals surface area contributed by atoms with Crippen LogP contribution in [0.3, 0.4) is 0 Å². The summed E-state index contributed by atoms with van der Waals surface area (Å²) in [5.41, 5.74) is 2.81. The lowest BCUT2D eigenvalue weighted by molar-refractivity contribution is 0.0936. The standard InChI is InChI=1S/C20H18FN5O/c1-13-7-9-26-12-16(23-17(26)11-13)20(27)24-18(19-22-8-10-25(19)2)14-3-5-15(21)6-4-14/h3-12,18H,1-2H3,(H,24,27). The van der Waals surface area contributed by atoms with Gasteiger partial charge in [0.1, 0.15) is 29.0 Å². The number of imidazole rings is 2. The van der Waals surface area contributed by atoms with Crippen molar-refractivity contribution in [3.05, 3.63) is 89.6 Å². The zero-order chi connectivity index (χ0) is 19.0. The molecule has 1 atom stereocenters. The topological polar surface area (TPSA) is 64.2 Å². The van der Waals surface area contributed by atoms with E-state index in [1.807, 2.05) is 36.9 Å².